The quantitative estimate of drug-likeness (QED) is 0.158. The lowest BCUT2D eigenvalue weighted by atomic mass is 9.85. The average molecular weight is 691 g/mol. The summed E-state index contributed by atoms with van der Waals surface area (Å²) in [5.74, 6) is 0. The first kappa shape index (κ1) is 32.0. The minimum absolute atomic E-state index is 0.919. The maximum absolute atomic E-state index is 6.30. The van der Waals surface area contributed by atoms with Crippen molar-refractivity contribution in [1.82, 2.24) is 0 Å². The Morgan fingerprint density at radius 2 is 0.889 bits per heavy atom. The Labute approximate surface area is 315 Å². The Balaban J connectivity index is 1.05. The highest BCUT2D eigenvalue weighted by atomic mass is 16.3. The van der Waals surface area contributed by atoms with E-state index in [2.05, 4.69) is 196 Å². The number of fused-ring (bicyclic) bond motifs is 6. The summed E-state index contributed by atoms with van der Waals surface area (Å²) < 4.78 is 6.30. The summed E-state index contributed by atoms with van der Waals surface area (Å²) in [4.78, 5) is 0. The minimum Gasteiger partial charge on any atom is -0.456 e. The summed E-state index contributed by atoms with van der Waals surface area (Å²) in [5, 5.41) is 9.86. The predicted molar refractivity (Wildman–Crippen MR) is 232 cm³/mol. The molecule has 54 heavy (non-hydrogen) atoms. The van der Waals surface area contributed by atoms with Crippen LogP contribution in [0, 0.1) is 6.92 Å². The molecule has 1 heterocycles. The number of rotatable bonds is 6. The van der Waals surface area contributed by atoms with Crippen molar-refractivity contribution in [2.75, 3.05) is 0 Å². The molecule has 0 fully saturated rings. The zero-order chi connectivity index (χ0) is 36.2. The van der Waals surface area contributed by atoms with Gasteiger partial charge in [0.1, 0.15) is 11.2 Å². The maximum atomic E-state index is 6.30. The van der Waals surface area contributed by atoms with E-state index in [1.54, 1.807) is 0 Å². The summed E-state index contributed by atoms with van der Waals surface area (Å²) in [6.45, 7) is 4.32. The van der Waals surface area contributed by atoms with Crippen LogP contribution in [-0.2, 0) is 0 Å². The van der Waals surface area contributed by atoms with Gasteiger partial charge in [-0.1, -0.05) is 159 Å². The van der Waals surface area contributed by atoms with Crippen molar-refractivity contribution in [2.45, 2.75) is 20.3 Å². The van der Waals surface area contributed by atoms with Crippen molar-refractivity contribution in [3.63, 3.8) is 0 Å². The van der Waals surface area contributed by atoms with E-state index in [0.717, 1.165) is 28.4 Å². The first-order valence-corrected chi connectivity index (χ1v) is 18.9. The van der Waals surface area contributed by atoms with Gasteiger partial charge in [-0.2, -0.15) is 0 Å². The lowest BCUT2D eigenvalue weighted by Crippen LogP contribution is -1.91. The van der Waals surface area contributed by atoms with Crippen LogP contribution >= 0.6 is 0 Å². The molecule has 0 amide bonds. The molecule has 0 aliphatic carbocycles. The van der Waals surface area contributed by atoms with Gasteiger partial charge in [0.25, 0.3) is 0 Å². The molecule has 9 aromatic carbocycles. The van der Waals surface area contributed by atoms with Crippen LogP contribution in [0.15, 0.2) is 180 Å². The summed E-state index contributed by atoms with van der Waals surface area (Å²) in [6.07, 6.45) is 5.45. The molecular formula is C53H38O. The second kappa shape index (κ2) is 13.1. The molecular weight excluding hydrogens is 653 g/mol. The topological polar surface area (TPSA) is 13.1 Å². The first-order valence-electron chi connectivity index (χ1n) is 18.9. The van der Waals surface area contributed by atoms with E-state index in [-0.39, 0.29) is 0 Å². The van der Waals surface area contributed by atoms with Crippen LogP contribution in [0.4, 0.5) is 0 Å². The molecule has 0 saturated carbocycles. The van der Waals surface area contributed by atoms with E-state index in [1.165, 1.54) is 88.0 Å². The molecule has 256 valence electrons. The van der Waals surface area contributed by atoms with Crippen LogP contribution in [0.25, 0.3) is 105 Å². The molecule has 0 saturated heterocycles. The van der Waals surface area contributed by atoms with Crippen molar-refractivity contribution in [3.05, 3.63) is 187 Å². The minimum atomic E-state index is 0.919. The van der Waals surface area contributed by atoms with Gasteiger partial charge >= 0.3 is 0 Å². The lowest BCUT2D eigenvalue weighted by Gasteiger charge is -2.18. The second-order valence-corrected chi connectivity index (χ2v) is 14.4. The molecule has 10 rings (SSSR count). The van der Waals surface area contributed by atoms with Gasteiger partial charge < -0.3 is 4.42 Å². The van der Waals surface area contributed by atoms with Crippen molar-refractivity contribution in [3.8, 4) is 44.5 Å². The highest BCUT2D eigenvalue weighted by molar-refractivity contribution is 6.21. The highest BCUT2D eigenvalue weighted by Gasteiger charge is 2.17. The van der Waals surface area contributed by atoms with Gasteiger partial charge in [0, 0.05) is 10.8 Å². The second-order valence-electron chi connectivity index (χ2n) is 14.4. The maximum Gasteiger partial charge on any atom is 0.135 e. The molecule has 0 aliphatic rings. The molecule has 0 bridgehead atoms. The number of allylic oxidation sites excluding steroid dienone is 1. The van der Waals surface area contributed by atoms with E-state index >= 15 is 0 Å². The lowest BCUT2D eigenvalue weighted by molar-refractivity contribution is 0.668. The van der Waals surface area contributed by atoms with Crippen LogP contribution in [-0.4, -0.2) is 0 Å². The van der Waals surface area contributed by atoms with Crippen molar-refractivity contribution >= 4 is 60.3 Å². The van der Waals surface area contributed by atoms with Crippen molar-refractivity contribution in [2.24, 2.45) is 0 Å². The largest absolute Gasteiger partial charge is 0.456 e. The predicted octanol–water partition coefficient (Wildman–Crippen LogP) is 15.4. The Morgan fingerprint density at radius 1 is 0.407 bits per heavy atom. The number of benzene rings is 9. The van der Waals surface area contributed by atoms with Crippen molar-refractivity contribution < 1.29 is 4.42 Å². The fourth-order valence-corrected chi connectivity index (χ4v) is 8.32. The molecule has 10 aromatic rings. The number of hydrogen-bond donors (Lipinski definition) is 0. The highest BCUT2D eigenvalue weighted by Crippen LogP contribution is 2.44. The molecule has 0 N–H and O–H groups in total. The fraction of sp³-hybridized carbons (Fsp3) is 0.0566. The first-order chi connectivity index (χ1) is 26.6. The van der Waals surface area contributed by atoms with Crippen molar-refractivity contribution in [1.29, 1.82) is 0 Å². The SMILES string of the molecule is CC/C=C\c1cc2c(cc1C)oc1ccc(-c3ccc(-c4c5ccccc5c(-c5ccc(-c6ccc7ccccc7c6)cc5)c5ccccc45)cc3)cc12. The molecule has 1 heteroatoms. The average Bonchev–Trinajstić information content (AvgIpc) is 3.58. The molecule has 0 unspecified atom stereocenters. The smallest absolute Gasteiger partial charge is 0.135 e. The third kappa shape index (κ3) is 5.40. The third-order valence-electron chi connectivity index (χ3n) is 11.1. The van der Waals surface area contributed by atoms with Crippen LogP contribution in [0.1, 0.15) is 24.5 Å². The van der Waals surface area contributed by atoms with E-state index in [1.807, 2.05) is 0 Å². The van der Waals surface area contributed by atoms with E-state index in [4.69, 9.17) is 4.42 Å². The van der Waals surface area contributed by atoms with Crippen LogP contribution in [0.5, 0.6) is 0 Å². The van der Waals surface area contributed by atoms with Gasteiger partial charge in [-0.15, -0.1) is 0 Å². The molecule has 0 aliphatic heterocycles. The Hall–Kier alpha value is -6.70. The molecule has 0 spiro atoms. The molecule has 1 nitrogen and oxygen atoms in total. The zero-order valence-electron chi connectivity index (χ0n) is 30.4. The van der Waals surface area contributed by atoms with Gasteiger partial charge in [-0.3, -0.25) is 0 Å². The molecule has 0 atom stereocenters. The normalized spacial score (nSPS) is 11.9. The molecule has 1 aromatic heterocycles. The van der Waals surface area contributed by atoms with E-state index in [9.17, 15) is 0 Å². The van der Waals surface area contributed by atoms with Gasteiger partial charge in [0.2, 0.25) is 0 Å². The molecule has 0 radical (unpaired) electrons. The van der Waals surface area contributed by atoms with Crippen LogP contribution in [0.3, 0.4) is 0 Å². The Kier molecular flexibility index (Phi) is 7.74. The van der Waals surface area contributed by atoms with E-state index in [0.29, 0.717) is 0 Å². The summed E-state index contributed by atoms with van der Waals surface area (Å²) in [7, 11) is 0. The fourth-order valence-electron chi connectivity index (χ4n) is 8.32. The van der Waals surface area contributed by atoms with Crippen LogP contribution in [0.2, 0.25) is 0 Å². The van der Waals surface area contributed by atoms with Crippen LogP contribution < -0.4 is 0 Å². The summed E-state index contributed by atoms with van der Waals surface area (Å²) in [6, 6.07) is 62.3. The number of furan rings is 1. The number of hydrogen-bond acceptors (Lipinski definition) is 1. The van der Waals surface area contributed by atoms with E-state index < -0.39 is 0 Å². The number of aryl methyl sites for hydroxylation is 1. The van der Waals surface area contributed by atoms with Gasteiger partial charge in [0.05, 0.1) is 0 Å². The van der Waals surface area contributed by atoms with Gasteiger partial charge in [0.15, 0.2) is 0 Å². The Bertz CT molecular complexity index is 3010. The third-order valence-corrected chi connectivity index (χ3v) is 11.1. The monoisotopic (exact) mass is 690 g/mol. The van der Waals surface area contributed by atoms with Gasteiger partial charge in [-0.05, 0) is 132 Å². The zero-order valence-corrected chi connectivity index (χ0v) is 30.4. The summed E-state index contributed by atoms with van der Waals surface area (Å²) in [5.41, 5.74) is 14.1. The van der Waals surface area contributed by atoms with Gasteiger partial charge in [-0.25, -0.2) is 0 Å². The summed E-state index contributed by atoms with van der Waals surface area (Å²) >= 11 is 0. The Morgan fingerprint density at radius 3 is 1.48 bits per heavy atom. The standard InChI is InChI=1S/C53H38O/c1-3-4-11-40-32-49-48-33-43(28-29-50(48)54-51(49)30-34(40)2)37-20-25-39(26-21-37)53-46-16-9-7-14-44(46)52(45-15-8-10-17-47(45)53)38-23-18-36(19-24-38)42-27-22-35-12-5-6-13-41(35)31-42/h4-33H,3H2,1-2H3/b11-4-.